The van der Waals surface area contributed by atoms with Crippen LogP contribution in [0.3, 0.4) is 0 Å². The fraction of sp³-hybridized carbons (Fsp3) is 0.348. The van der Waals surface area contributed by atoms with Gasteiger partial charge in [-0.3, -0.25) is 4.90 Å². The van der Waals surface area contributed by atoms with Crippen LogP contribution in [0.5, 0.6) is 11.5 Å². The summed E-state index contributed by atoms with van der Waals surface area (Å²) >= 11 is 0. The fourth-order valence-electron chi connectivity index (χ4n) is 3.60. The molecule has 3 aromatic rings. The second-order valence-electron chi connectivity index (χ2n) is 7.61. The van der Waals surface area contributed by atoms with E-state index in [1.165, 1.54) is 6.42 Å². The van der Waals surface area contributed by atoms with Crippen molar-refractivity contribution in [3.05, 3.63) is 66.1 Å². The summed E-state index contributed by atoms with van der Waals surface area (Å²) in [6.07, 6.45) is 1.20. The average molecular weight is 377 g/mol. The minimum Gasteiger partial charge on any atom is -0.457 e. The molecule has 2 aromatic carbocycles. The van der Waals surface area contributed by atoms with Crippen molar-refractivity contribution in [1.29, 1.82) is 0 Å². The Bertz CT molecular complexity index is 921. The van der Waals surface area contributed by atoms with Gasteiger partial charge in [-0.05, 0) is 57.8 Å². The maximum atomic E-state index is 5.99. The van der Waals surface area contributed by atoms with Crippen LogP contribution in [-0.4, -0.2) is 48.0 Å². The summed E-state index contributed by atoms with van der Waals surface area (Å²) in [6.45, 7) is 5.01. The first-order valence-electron chi connectivity index (χ1n) is 9.77. The summed E-state index contributed by atoms with van der Waals surface area (Å²) in [7, 11) is 4.30. The second kappa shape index (κ2) is 8.17. The number of likely N-dealkylation sites (N-methyl/N-ethyl adjacent to an activating group) is 1. The molecule has 1 atom stereocenters. The molecule has 0 N–H and O–H groups in total. The van der Waals surface area contributed by atoms with E-state index in [2.05, 4.69) is 23.9 Å². The number of aromatic nitrogens is 1. The molecule has 0 spiro atoms. The Morgan fingerprint density at radius 2 is 1.89 bits per heavy atom. The van der Waals surface area contributed by atoms with Gasteiger partial charge in [0.1, 0.15) is 17.3 Å². The van der Waals surface area contributed by atoms with Crippen LogP contribution in [0.1, 0.15) is 17.9 Å². The van der Waals surface area contributed by atoms with E-state index in [0.29, 0.717) is 11.9 Å². The molecule has 1 aliphatic heterocycles. The van der Waals surface area contributed by atoms with E-state index in [4.69, 9.17) is 14.1 Å². The first-order valence-corrected chi connectivity index (χ1v) is 9.77. The summed E-state index contributed by atoms with van der Waals surface area (Å²) in [4.78, 5) is 9.54. The molecule has 0 saturated carbocycles. The summed E-state index contributed by atoms with van der Waals surface area (Å²) in [5.74, 6) is 3.12. The zero-order valence-corrected chi connectivity index (χ0v) is 16.8. The van der Waals surface area contributed by atoms with Crippen LogP contribution in [0.15, 0.2) is 59.0 Å². The van der Waals surface area contributed by atoms with Gasteiger partial charge in [-0.1, -0.05) is 24.3 Å². The summed E-state index contributed by atoms with van der Waals surface area (Å²) in [5, 5.41) is 0. The van der Waals surface area contributed by atoms with Gasteiger partial charge in [0.05, 0.1) is 5.69 Å². The molecule has 1 saturated heterocycles. The summed E-state index contributed by atoms with van der Waals surface area (Å²) < 4.78 is 11.9. The summed E-state index contributed by atoms with van der Waals surface area (Å²) in [6, 6.07) is 18.3. The van der Waals surface area contributed by atoms with Crippen molar-refractivity contribution in [1.82, 2.24) is 14.8 Å². The normalized spacial score (nSPS) is 17.4. The van der Waals surface area contributed by atoms with Crippen molar-refractivity contribution in [3.63, 3.8) is 0 Å². The Kier molecular flexibility index (Phi) is 5.46. The van der Waals surface area contributed by atoms with E-state index in [-0.39, 0.29) is 0 Å². The third-order valence-electron chi connectivity index (χ3n) is 5.30. The molecule has 0 bridgehead atoms. The van der Waals surface area contributed by atoms with E-state index in [9.17, 15) is 0 Å². The Morgan fingerprint density at radius 1 is 1.11 bits per heavy atom. The third-order valence-corrected chi connectivity index (χ3v) is 5.30. The quantitative estimate of drug-likeness (QED) is 0.629. The van der Waals surface area contributed by atoms with Gasteiger partial charge in [0.2, 0.25) is 5.89 Å². The van der Waals surface area contributed by atoms with Gasteiger partial charge in [0.25, 0.3) is 0 Å². The maximum absolute atomic E-state index is 5.99. The predicted molar refractivity (Wildman–Crippen MR) is 111 cm³/mol. The lowest BCUT2D eigenvalue weighted by Crippen LogP contribution is -2.31. The molecule has 5 heteroatoms. The average Bonchev–Trinajstić information content (AvgIpc) is 3.31. The van der Waals surface area contributed by atoms with Crippen molar-refractivity contribution < 1.29 is 9.15 Å². The largest absolute Gasteiger partial charge is 0.457 e. The first-order chi connectivity index (χ1) is 13.6. The Labute approximate surface area is 166 Å². The van der Waals surface area contributed by atoms with Crippen molar-refractivity contribution in [2.75, 3.05) is 27.2 Å². The highest BCUT2D eigenvalue weighted by Crippen LogP contribution is 2.29. The Balaban J connectivity index is 1.48. The predicted octanol–water partition coefficient (Wildman–Crippen LogP) is 4.58. The van der Waals surface area contributed by atoms with Gasteiger partial charge >= 0.3 is 0 Å². The van der Waals surface area contributed by atoms with Crippen LogP contribution in [-0.2, 0) is 6.54 Å². The van der Waals surface area contributed by atoms with Crippen molar-refractivity contribution >= 4 is 0 Å². The van der Waals surface area contributed by atoms with Crippen LogP contribution < -0.4 is 4.74 Å². The van der Waals surface area contributed by atoms with Crippen LogP contribution in [0.2, 0.25) is 0 Å². The van der Waals surface area contributed by atoms with Gasteiger partial charge in [0, 0.05) is 31.2 Å². The molecule has 0 amide bonds. The van der Waals surface area contributed by atoms with E-state index >= 15 is 0 Å². The second-order valence-corrected chi connectivity index (χ2v) is 7.61. The van der Waals surface area contributed by atoms with Crippen molar-refractivity contribution in [2.24, 2.45) is 0 Å². The fourth-order valence-corrected chi connectivity index (χ4v) is 3.60. The smallest absolute Gasteiger partial charge is 0.226 e. The lowest BCUT2D eigenvalue weighted by molar-refractivity contribution is 0.262. The van der Waals surface area contributed by atoms with E-state index in [0.717, 1.165) is 48.2 Å². The molecule has 1 fully saturated rings. The van der Waals surface area contributed by atoms with Crippen LogP contribution in [0.4, 0.5) is 0 Å². The number of hydrogen-bond acceptors (Lipinski definition) is 5. The standard InChI is InChI=1S/C23H27N3O2/c1-17-22(16-26-13-12-19(15-26)25(2)3)24-23(27-17)18-8-7-11-21(14-18)28-20-9-5-4-6-10-20/h4-11,14,19H,12-13,15-16H2,1-3H3/t19-/m1/s1. The highest BCUT2D eigenvalue weighted by Gasteiger charge is 2.25. The van der Waals surface area contributed by atoms with E-state index < -0.39 is 0 Å². The van der Waals surface area contributed by atoms with Crippen LogP contribution in [0.25, 0.3) is 11.5 Å². The molecule has 1 aromatic heterocycles. The number of oxazole rings is 1. The molecule has 28 heavy (non-hydrogen) atoms. The monoisotopic (exact) mass is 377 g/mol. The number of hydrogen-bond donors (Lipinski definition) is 0. The number of aryl methyl sites for hydroxylation is 1. The molecule has 2 heterocycles. The lowest BCUT2D eigenvalue weighted by atomic mass is 10.2. The van der Waals surface area contributed by atoms with E-state index in [1.807, 2.05) is 61.5 Å². The first kappa shape index (κ1) is 18.7. The summed E-state index contributed by atoms with van der Waals surface area (Å²) in [5.41, 5.74) is 1.94. The zero-order chi connectivity index (χ0) is 19.5. The van der Waals surface area contributed by atoms with E-state index in [1.54, 1.807) is 0 Å². The Morgan fingerprint density at radius 3 is 2.64 bits per heavy atom. The number of rotatable bonds is 6. The molecule has 5 nitrogen and oxygen atoms in total. The van der Waals surface area contributed by atoms with Gasteiger partial charge in [0.15, 0.2) is 0 Å². The number of benzene rings is 2. The molecule has 0 radical (unpaired) electrons. The molecule has 0 aliphatic carbocycles. The van der Waals surface area contributed by atoms with Gasteiger partial charge in [-0.25, -0.2) is 4.98 Å². The zero-order valence-electron chi connectivity index (χ0n) is 16.8. The minimum atomic E-state index is 0.624. The molecule has 1 aliphatic rings. The molecule has 0 unspecified atom stereocenters. The van der Waals surface area contributed by atoms with Gasteiger partial charge in [-0.15, -0.1) is 0 Å². The number of nitrogens with zero attached hydrogens (tertiary/aromatic N) is 3. The lowest BCUT2D eigenvalue weighted by Gasteiger charge is -2.19. The highest BCUT2D eigenvalue weighted by molar-refractivity contribution is 5.57. The van der Waals surface area contributed by atoms with Crippen LogP contribution >= 0.6 is 0 Å². The SMILES string of the molecule is Cc1oc(-c2cccc(Oc3ccccc3)c2)nc1CN1CC[C@@H](N(C)C)C1. The highest BCUT2D eigenvalue weighted by atomic mass is 16.5. The van der Waals surface area contributed by atoms with Gasteiger partial charge < -0.3 is 14.1 Å². The molecule has 146 valence electrons. The number of likely N-dealkylation sites (tertiary alicyclic amines) is 1. The minimum absolute atomic E-state index is 0.624. The third kappa shape index (κ3) is 4.26. The van der Waals surface area contributed by atoms with Crippen LogP contribution in [0, 0.1) is 6.92 Å². The Hall–Kier alpha value is -2.63. The number of ether oxygens (including phenoxy) is 1. The molecule has 4 rings (SSSR count). The van der Waals surface area contributed by atoms with Crippen molar-refractivity contribution in [3.8, 4) is 23.0 Å². The van der Waals surface area contributed by atoms with Crippen molar-refractivity contribution in [2.45, 2.75) is 25.9 Å². The topological polar surface area (TPSA) is 41.7 Å². The molecular formula is C23H27N3O2. The maximum Gasteiger partial charge on any atom is 0.226 e. The molecular weight excluding hydrogens is 350 g/mol. The number of para-hydroxylation sites is 1. The van der Waals surface area contributed by atoms with Gasteiger partial charge in [-0.2, -0.15) is 0 Å².